The van der Waals surface area contributed by atoms with Crippen LogP contribution in [0.15, 0.2) is 60.8 Å². The number of aromatic nitrogens is 3. The topological polar surface area (TPSA) is 51.0 Å². The maximum Gasteiger partial charge on any atom is 0.346 e. The SMILES string of the molecule is Cc1ccc(-c2cn(C(=O)N3CCCCC3c3ccccc3)nn2)cc1. The maximum absolute atomic E-state index is 13.1. The van der Waals surface area contributed by atoms with Crippen LogP contribution >= 0.6 is 0 Å². The number of rotatable bonds is 2. The largest absolute Gasteiger partial charge is 0.346 e. The zero-order chi connectivity index (χ0) is 17.9. The molecule has 5 heteroatoms. The molecule has 132 valence electrons. The second-order valence-electron chi connectivity index (χ2n) is 6.81. The third-order valence-electron chi connectivity index (χ3n) is 4.97. The van der Waals surface area contributed by atoms with Gasteiger partial charge in [-0.1, -0.05) is 65.4 Å². The Morgan fingerprint density at radius 2 is 1.81 bits per heavy atom. The molecule has 1 atom stereocenters. The first kappa shape index (κ1) is 16.5. The lowest BCUT2D eigenvalue weighted by Crippen LogP contribution is -2.41. The molecule has 1 aliphatic rings. The normalized spacial score (nSPS) is 17.3. The smallest absolute Gasteiger partial charge is 0.316 e. The number of piperidine rings is 1. The van der Waals surface area contributed by atoms with Crippen LogP contribution in [0.5, 0.6) is 0 Å². The van der Waals surface area contributed by atoms with E-state index < -0.39 is 0 Å². The molecule has 1 aliphatic heterocycles. The molecular weight excluding hydrogens is 324 g/mol. The highest BCUT2D eigenvalue weighted by Gasteiger charge is 2.29. The van der Waals surface area contributed by atoms with Gasteiger partial charge in [0.15, 0.2) is 0 Å². The fourth-order valence-corrected chi connectivity index (χ4v) is 3.53. The predicted octanol–water partition coefficient (Wildman–Crippen LogP) is 4.45. The van der Waals surface area contributed by atoms with Gasteiger partial charge in [0.25, 0.3) is 0 Å². The molecule has 3 aromatic rings. The van der Waals surface area contributed by atoms with Gasteiger partial charge in [0.05, 0.1) is 12.2 Å². The van der Waals surface area contributed by atoms with Crippen LogP contribution in [0.4, 0.5) is 4.79 Å². The molecule has 2 aromatic carbocycles. The highest BCUT2D eigenvalue weighted by molar-refractivity contribution is 5.77. The van der Waals surface area contributed by atoms with E-state index in [0.717, 1.165) is 31.4 Å². The van der Waals surface area contributed by atoms with Crippen LogP contribution in [0.1, 0.15) is 36.4 Å². The zero-order valence-corrected chi connectivity index (χ0v) is 14.9. The van der Waals surface area contributed by atoms with Crippen molar-refractivity contribution in [2.75, 3.05) is 6.54 Å². The lowest BCUT2D eigenvalue weighted by atomic mass is 9.96. The van der Waals surface area contributed by atoms with Crippen molar-refractivity contribution in [3.63, 3.8) is 0 Å². The van der Waals surface area contributed by atoms with Gasteiger partial charge in [-0.3, -0.25) is 0 Å². The molecule has 1 aromatic heterocycles. The standard InChI is InChI=1S/C21H22N4O/c1-16-10-12-17(13-11-16)19-15-25(23-22-19)21(26)24-14-6-5-9-20(24)18-7-3-2-4-8-18/h2-4,7-8,10-13,15,20H,5-6,9,14H2,1H3. The van der Waals surface area contributed by atoms with Gasteiger partial charge in [0.1, 0.15) is 5.69 Å². The van der Waals surface area contributed by atoms with Crippen molar-refractivity contribution in [1.29, 1.82) is 0 Å². The number of carbonyl (C=O) groups is 1. The molecular formula is C21H22N4O. The molecule has 1 saturated heterocycles. The van der Waals surface area contributed by atoms with Crippen molar-refractivity contribution in [2.24, 2.45) is 0 Å². The third kappa shape index (κ3) is 3.25. The summed E-state index contributed by atoms with van der Waals surface area (Å²) in [7, 11) is 0. The molecule has 4 rings (SSSR count). The first-order valence-corrected chi connectivity index (χ1v) is 9.08. The summed E-state index contributed by atoms with van der Waals surface area (Å²) in [5.74, 6) is 0. The Labute approximate surface area is 153 Å². The van der Waals surface area contributed by atoms with Gasteiger partial charge in [-0.25, -0.2) is 4.79 Å². The van der Waals surface area contributed by atoms with E-state index >= 15 is 0 Å². The first-order chi connectivity index (χ1) is 12.7. The van der Waals surface area contributed by atoms with Gasteiger partial charge in [-0.2, -0.15) is 4.68 Å². The number of hydrogen-bond donors (Lipinski definition) is 0. The predicted molar refractivity (Wildman–Crippen MR) is 101 cm³/mol. The van der Waals surface area contributed by atoms with Crippen molar-refractivity contribution in [2.45, 2.75) is 32.2 Å². The van der Waals surface area contributed by atoms with Gasteiger partial charge < -0.3 is 4.90 Å². The lowest BCUT2D eigenvalue weighted by Gasteiger charge is -2.35. The van der Waals surface area contributed by atoms with Crippen LogP contribution in [0.3, 0.4) is 0 Å². The van der Waals surface area contributed by atoms with Crippen LogP contribution in [0, 0.1) is 6.92 Å². The van der Waals surface area contributed by atoms with E-state index in [9.17, 15) is 4.79 Å². The first-order valence-electron chi connectivity index (χ1n) is 9.08. The van der Waals surface area contributed by atoms with E-state index in [0.29, 0.717) is 5.69 Å². The van der Waals surface area contributed by atoms with E-state index in [4.69, 9.17) is 0 Å². The summed E-state index contributed by atoms with van der Waals surface area (Å²) < 4.78 is 1.37. The summed E-state index contributed by atoms with van der Waals surface area (Å²) in [5, 5.41) is 8.29. The summed E-state index contributed by atoms with van der Waals surface area (Å²) in [5.41, 5.74) is 4.05. The molecule has 0 saturated carbocycles. The number of hydrogen-bond acceptors (Lipinski definition) is 3. The number of benzene rings is 2. The quantitative estimate of drug-likeness (QED) is 0.689. The molecule has 1 unspecified atom stereocenters. The minimum Gasteiger partial charge on any atom is -0.316 e. The number of nitrogens with zero attached hydrogens (tertiary/aromatic N) is 4. The fraction of sp³-hybridized carbons (Fsp3) is 0.286. The van der Waals surface area contributed by atoms with Gasteiger partial charge in [-0.05, 0) is 31.7 Å². The summed E-state index contributed by atoms with van der Waals surface area (Å²) in [6, 6.07) is 18.3. The van der Waals surface area contributed by atoms with Crippen molar-refractivity contribution >= 4 is 6.03 Å². The molecule has 1 amide bonds. The van der Waals surface area contributed by atoms with Crippen LogP contribution in [0.25, 0.3) is 11.3 Å². The average Bonchev–Trinajstić information content (AvgIpc) is 3.19. The molecule has 5 nitrogen and oxygen atoms in total. The Morgan fingerprint density at radius 1 is 1.04 bits per heavy atom. The van der Waals surface area contributed by atoms with E-state index in [-0.39, 0.29) is 12.1 Å². The van der Waals surface area contributed by atoms with Crippen molar-refractivity contribution in [1.82, 2.24) is 19.9 Å². The van der Waals surface area contributed by atoms with Crippen LogP contribution in [0.2, 0.25) is 0 Å². The molecule has 2 heterocycles. The molecule has 0 bridgehead atoms. The van der Waals surface area contributed by atoms with E-state index in [1.807, 2.05) is 54.3 Å². The number of likely N-dealkylation sites (tertiary alicyclic amines) is 1. The van der Waals surface area contributed by atoms with Crippen molar-refractivity contribution < 1.29 is 4.79 Å². The third-order valence-corrected chi connectivity index (χ3v) is 4.97. The molecule has 0 spiro atoms. The van der Waals surface area contributed by atoms with E-state index in [1.165, 1.54) is 15.8 Å². The lowest BCUT2D eigenvalue weighted by molar-refractivity contribution is 0.149. The molecule has 26 heavy (non-hydrogen) atoms. The summed E-state index contributed by atoms with van der Waals surface area (Å²) >= 11 is 0. The van der Waals surface area contributed by atoms with E-state index in [2.05, 4.69) is 22.4 Å². The Bertz CT molecular complexity index is 886. The Balaban J connectivity index is 1.59. The van der Waals surface area contributed by atoms with Gasteiger partial charge in [0, 0.05) is 12.1 Å². The highest BCUT2D eigenvalue weighted by atomic mass is 16.2. The number of aryl methyl sites for hydroxylation is 1. The van der Waals surface area contributed by atoms with E-state index in [1.54, 1.807) is 6.20 Å². The van der Waals surface area contributed by atoms with Crippen molar-refractivity contribution in [3.05, 3.63) is 71.9 Å². The van der Waals surface area contributed by atoms with Gasteiger partial charge in [0.2, 0.25) is 0 Å². The minimum absolute atomic E-state index is 0.101. The summed E-state index contributed by atoms with van der Waals surface area (Å²) in [4.78, 5) is 15.0. The fourth-order valence-electron chi connectivity index (χ4n) is 3.53. The summed E-state index contributed by atoms with van der Waals surface area (Å²) in [6.45, 7) is 2.79. The average molecular weight is 346 g/mol. The van der Waals surface area contributed by atoms with Gasteiger partial charge >= 0.3 is 6.03 Å². The molecule has 0 N–H and O–H groups in total. The Morgan fingerprint density at radius 3 is 2.58 bits per heavy atom. The zero-order valence-electron chi connectivity index (χ0n) is 14.9. The second kappa shape index (κ2) is 7.12. The Hall–Kier alpha value is -2.95. The minimum atomic E-state index is -0.107. The Kier molecular flexibility index (Phi) is 4.52. The number of carbonyl (C=O) groups excluding carboxylic acids is 1. The second-order valence-corrected chi connectivity index (χ2v) is 6.81. The van der Waals surface area contributed by atoms with Crippen molar-refractivity contribution in [3.8, 4) is 11.3 Å². The molecule has 0 radical (unpaired) electrons. The highest BCUT2D eigenvalue weighted by Crippen LogP contribution is 2.31. The molecule has 1 fully saturated rings. The van der Waals surface area contributed by atoms with Crippen LogP contribution < -0.4 is 0 Å². The summed E-state index contributed by atoms with van der Waals surface area (Å²) in [6.07, 6.45) is 4.86. The van der Waals surface area contributed by atoms with Gasteiger partial charge in [-0.15, -0.1) is 5.10 Å². The van der Waals surface area contributed by atoms with Crippen LogP contribution in [-0.4, -0.2) is 32.5 Å². The maximum atomic E-state index is 13.1. The molecule has 0 aliphatic carbocycles. The number of amides is 1. The van der Waals surface area contributed by atoms with Crippen LogP contribution in [-0.2, 0) is 0 Å². The monoisotopic (exact) mass is 346 g/mol.